The number of carbonyl (C=O) groups excluding carboxylic acids is 2. The summed E-state index contributed by atoms with van der Waals surface area (Å²) in [6.07, 6.45) is -3.48. The van der Waals surface area contributed by atoms with Gasteiger partial charge < -0.3 is 9.80 Å². The van der Waals surface area contributed by atoms with Crippen LogP contribution >= 0.6 is 23.2 Å². The molecule has 0 aliphatic carbocycles. The van der Waals surface area contributed by atoms with E-state index in [0.717, 1.165) is 17.7 Å². The fraction of sp³-hybridized carbons (Fsp3) is 0.391. The minimum absolute atomic E-state index is 0.0369. The van der Waals surface area contributed by atoms with Crippen molar-refractivity contribution in [3.05, 3.63) is 69.2 Å². The lowest BCUT2D eigenvalue weighted by atomic mass is 9.93. The summed E-state index contributed by atoms with van der Waals surface area (Å²) in [7, 11) is 1.72. The number of amides is 2. The minimum atomic E-state index is -4.44. The molecule has 2 aromatic rings. The van der Waals surface area contributed by atoms with E-state index in [1.165, 1.54) is 12.1 Å². The van der Waals surface area contributed by atoms with Crippen LogP contribution < -0.4 is 0 Å². The second-order valence-electron chi connectivity index (χ2n) is 7.93. The van der Waals surface area contributed by atoms with E-state index in [0.29, 0.717) is 36.0 Å². The highest BCUT2D eigenvalue weighted by atomic mass is 35.5. The lowest BCUT2D eigenvalue weighted by Gasteiger charge is -2.35. The number of alkyl halides is 3. The van der Waals surface area contributed by atoms with E-state index in [1.54, 1.807) is 35.0 Å². The molecule has 0 radical (unpaired) electrons. The van der Waals surface area contributed by atoms with Crippen molar-refractivity contribution in [1.29, 1.82) is 0 Å². The average molecular weight is 487 g/mol. The van der Waals surface area contributed by atoms with Crippen molar-refractivity contribution < 1.29 is 22.8 Å². The van der Waals surface area contributed by atoms with Crippen LogP contribution in [0.4, 0.5) is 13.2 Å². The van der Waals surface area contributed by atoms with E-state index in [9.17, 15) is 22.8 Å². The van der Waals surface area contributed by atoms with Gasteiger partial charge in [-0.2, -0.15) is 13.2 Å². The SMILES string of the molecule is CC(c1ccc(Cl)cc1Cl)N(C)C(=O)C1CCN(C(=O)c2ccc(C(F)(F)F)cc2)CC1. The van der Waals surface area contributed by atoms with Crippen LogP contribution in [0.5, 0.6) is 0 Å². The molecule has 1 aliphatic rings. The second-order valence-corrected chi connectivity index (χ2v) is 8.78. The molecule has 0 N–H and O–H groups in total. The molecule has 9 heteroatoms. The number of carbonyl (C=O) groups is 2. The molecule has 2 aromatic carbocycles. The predicted octanol–water partition coefficient (Wildman–Crippen LogP) is 6.08. The van der Waals surface area contributed by atoms with Gasteiger partial charge in [0.25, 0.3) is 5.91 Å². The Morgan fingerprint density at radius 2 is 1.66 bits per heavy atom. The Kier molecular flexibility index (Phi) is 7.40. The number of hydrogen-bond donors (Lipinski definition) is 0. The number of benzene rings is 2. The van der Waals surface area contributed by atoms with Crippen LogP contribution in [0.15, 0.2) is 42.5 Å². The van der Waals surface area contributed by atoms with Crippen molar-refractivity contribution in [3.63, 3.8) is 0 Å². The van der Waals surface area contributed by atoms with Crippen molar-refractivity contribution in [2.45, 2.75) is 32.0 Å². The lowest BCUT2D eigenvalue weighted by molar-refractivity contribution is -0.138. The van der Waals surface area contributed by atoms with Crippen LogP contribution in [0.1, 0.15) is 47.3 Å². The third-order valence-corrected chi connectivity index (χ3v) is 6.49. The Labute approximate surface area is 194 Å². The van der Waals surface area contributed by atoms with Gasteiger partial charge >= 0.3 is 6.18 Å². The number of rotatable bonds is 4. The van der Waals surface area contributed by atoms with Gasteiger partial charge in [0.15, 0.2) is 0 Å². The molecule has 1 fully saturated rings. The van der Waals surface area contributed by atoms with Gasteiger partial charge in [-0.05, 0) is 61.7 Å². The zero-order valence-corrected chi connectivity index (χ0v) is 19.1. The summed E-state index contributed by atoms with van der Waals surface area (Å²) in [6, 6.07) is 9.09. The quantitative estimate of drug-likeness (QED) is 0.524. The van der Waals surface area contributed by atoms with Crippen LogP contribution in [-0.2, 0) is 11.0 Å². The van der Waals surface area contributed by atoms with Crippen molar-refractivity contribution in [2.24, 2.45) is 5.92 Å². The molecule has 1 saturated heterocycles. The van der Waals surface area contributed by atoms with Crippen LogP contribution in [0.3, 0.4) is 0 Å². The topological polar surface area (TPSA) is 40.6 Å². The van der Waals surface area contributed by atoms with Gasteiger partial charge in [-0.25, -0.2) is 0 Å². The van der Waals surface area contributed by atoms with Crippen molar-refractivity contribution in [3.8, 4) is 0 Å². The summed E-state index contributed by atoms with van der Waals surface area (Å²) in [5.74, 6) is -0.616. The van der Waals surface area contributed by atoms with E-state index in [2.05, 4.69) is 0 Å². The molecule has 172 valence electrons. The first-order valence-corrected chi connectivity index (χ1v) is 10.9. The summed E-state index contributed by atoms with van der Waals surface area (Å²) in [4.78, 5) is 28.9. The van der Waals surface area contributed by atoms with Crippen LogP contribution in [-0.4, -0.2) is 41.8 Å². The molecule has 3 rings (SSSR count). The van der Waals surface area contributed by atoms with Crippen LogP contribution in [0.25, 0.3) is 0 Å². The van der Waals surface area contributed by atoms with Gasteiger partial charge in [-0.1, -0.05) is 29.3 Å². The van der Waals surface area contributed by atoms with E-state index in [-0.39, 0.29) is 29.3 Å². The first-order valence-electron chi connectivity index (χ1n) is 10.2. The maximum atomic E-state index is 13.0. The maximum Gasteiger partial charge on any atom is 0.416 e. The Morgan fingerprint density at radius 1 is 1.06 bits per heavy atom. The van der Waals surface area contributed by atoms with Gasteiger partial charge in [-0.3, -0.25) is 9.59 Å². The molecule has 0 bridgehead atoms. The molecule has 0 saturated carbocycles. The molecular formula is C23H23Cl2F3N2O2. The van der Waals surface area contributed by atoms with E-state index >= 15 is 0 Å². The number of likely N-dealkylation sites (tertiary alicyclic amines) is 1. The highest BCUT2D eigenvalue weighted by molar-refractivity contribution is 6.35. The van der Waals surface area contributed by atoms with Gasteiger partial charge in [0.05, 0.1) is 11.6 Å². The maximum absolute atomic E-state index is 13.0. The van der Waals surface area contributed by atoms with E-state index < -0.39 is 11.7 Å². The third kappa shape index (κ3) is 5.38. The highest BCUT2D eigenvalue weighted by Gasteiger charge is 2.33. The molecule has 1 heterocycles. The fourth-order valence-electron chi connectivity index (χ4n) is 3.84. The molecular weight excluding hydrogens is 464 g/mol. The molecule has 32 heavy (non-hydrogen) atoms. The Bertz CT molecular complexity index is 988. The van der Waals surface area contributed by atoms with Gasteiger partial charge in [0.1, 0.15) is 0 Å². The molecule has 0 spiro atoms. The van der Waals surface area contributed by atoms with Crippen molar-refractivity contribution in [2.75, 3.05) is 20.1 Å². The second kappa shape index (κ2) is 9.71. The van der Waals surface area contributed by atoms with Gasteiger partial charge in [0.2, 0.25) is 5.91 Å². The average Bonchev–Trinajstić information content (AvgIpc) is 2.77. The Morgan fingerprint density at radius 3 is 2.19 bits per heavy atom. The lowest BCUT2D eigenvalue weighted by Crippen LogP contribution is -2.44. The molecule has 1 aliphatic heterocycles. The Balaban J connectivity index is 1.59. The summed E-state index contributed by atoms with van der Waals surface area (Å²) in [5, 5.41) is 1.01. The minimum Gasteiger partial charge on any atom is -0.339 e. The first-order chi connectivity index (χ1) is 15.0. The Hall–Kier alpha value is -2.25. The molecule has 1 unspecified atom stereocenters. The molecule has 1 atom stereocenters. The summed E-state index contributed by atoms with van der Waals surface area (Å²) >= 11 is 12.2. The number of piperidine rings is 1. The molecule has 4 nitrogen and oxygen atoms in total. The predicted molar refractivity (Wildman–Crippen MR) is 118 cm³/mol. The third-order valence-electron chi connectivity index (χ3n) is 5.93. The van der Waals surface area contributed by atoms with Crippen LogP contribution in [0.2, 0.25) is 10.0 Å². The number of halogens is 5. The van der Waals surface area contributed by atoms with Crippen molar-refractivity contribution >= 4 is 35.0 Å². The number of nitrogens with zero attached hydrogens (tertiary/aromatic N) is 2. The summed E-state index contributed by atoms with van der Waals surface area (Å²) in [5.41, 5.74) is 0.198. The monoisotopic (exact) mass is 486 g/mol. The highest BCUT2D eigenvalue weighted by Crippen LogP contribution is 2.32. The van der Waals surface area contributed by atoms with E-state index in [1.807, 2.05) is 6.92 Å². The largest absolute Gasteiger partial charge is 0.416 e. The standard InChI is InChI=1S/C23H23Cl2F3N2O2/c1-14(19-8-7-18(24)13-20(19)25)29(2)21(31)16-9-11-30(12-10-16)22(32)15-3-5-17(6-4-15)23(26,27)28/h3-8,13-14,16H,9-12H2,1-2H3. The van der Waals surface area contributed by atoms with Gasteiger partial charge in [0, 0.05) is 41.7 Å². The summed E-state index contributed by atoms with van der Waals surface area (Å²) < 4.78 is 38.2. The fourth-order valence-corrected chi connectivity index (χ4v) is 4.41. The first kappa shape index (κ1) is 24.4. The zero-order valence-electron chi connectivity index (χ0n) is 17.6. The van der Waals surface area contributed by atoms with Crippen molar-refractivity contribution in [1.82, 2.24) is 9.80 Å². The van der Waals surface area contributed by atoms with Crippen LogP contribution in [0, 0.1) is 5.92 Å². The van der Waals surface area contributed by atoms with E-state index in [4.69, 9.17) is 23.2 Å². The zero-order chi connectivity index (χ0) is 23.6. The smallest absolute Gasteiger partial charge is 0.339 e. The molecule has 2 amide bonds. The summed E-state index contributed by atoms with van der Waals surface area (Å²) in [6.45, 7) is 2.61. The normalized spacial score (nSPS) is 16.0. The van der Waals surface area contributed by atoms with Gasteiger partial charge in [-0.15, -0.1) is 0 Å². The number of hydrogen-bond acceptors (Lipinski definition) is 2. The molecule has 0 aromatic heterocycles.